The fourth-order valence-electron chi connectivity index (χ4n) is 2.83. The van der Waals surface area contributed by atoms with E-state index in [0.29, 0.717) is 22.8 Å². The van der Waals surface area contributed by atoms with Gasteiger partial charge in [0.25, 0.3) is 0 Å². The Labute approximate surface area is 155 Å². The average Bonchev–Trinajstić information content (AvgIpc) is 3.13. The van der Waals surface area contributed by atoms with E-state index in [2.05, 4.69) is 20.1 Å². The highest BCUT2D eigenvalue weighted by atomic mass is 16.3. The second kappa shape index (κ2) is 6.69. The number of aromatic hydroxyl groups is 1. The molecule has 0 aliphatic carbocycles. The van der Waals surface area contributed by atoms with E-state index in [9.17, 15) is 5.11 Å². The zero-order valence-corrected chi connectivity index (χ0v) is 14.4. The van der Waals surface area contributed by atoms with Crippen LogP contribution in [0.1, 0.15) is 11.1 Å². The van der Waals surface area contributed by atoms with Crippen LogP contribution < -0.4 is 0 Å². The van der Waals surface area contributed by atoms with Gasteiger partial charge in [-0.15, -0.1) is 0 Å². The van der Waals surface area contributed by atoms with Gasteiger partial charge in [0.05, 0.1) is 11.3 Å². The fourth-order valence-corrected chi connectivity index (χ4v) is 2.83. The van der Waals surface area contributed by atoms with Gasteiger partial charge in [0, 0.05) is 29.7 Å². The SMILES string of the molecule is Cc1cc(O)cc(-c2nn(-c3ccc(C#N)cn3)cc2-c2ccncn2)c1. The summed E-state index contributed by atoms with van der Waals surface area (Å²) in [6.45, 7) is 1.91. The Kier molecular flexibility index (Phi) is 4.07. The molecule has 1 N–H and O–H groups in total. The number of hydrogen-bond donors (Lipinski definition) is 1. The molecule has 7 heteroatoms. The standard InChI is InChI=1S/C20H14N6O/c1-13-6-15(8-16(27)7-13)20-17(18-4-5-22-12-24-18)11-26(25-20)19-3-2-14(9-21)10-23-19/h2-8,10-12,27H,1H3. The van der Waals surface area contributed by atoms with E-state index in [0.717, 1.165) is 16.7 Å². The van der Waals surface area contributed by atoms with Crippen LogP contribution in [0.3, 0.4) is 0 Å². The third-order valence-corrected chi connectivity index (χ3v) is 4.02. The van der Waals surface area contributed by atoms with Crippen molar-refractivity contribution in [2.24, 2.45) is 0 Å². The Hall–Kier alpha value is -4.05. The summed E-state index contributed by atoms with van der Waals surface area (Å²) in [6, 6.07) is 12.6. The van der Waals surface area contributed by atoms with Crippen molar-refractivity contribution in [1.82, 2.24) is 24.7 Å². The number of benzene rings is 1. The lowest BCUT2D eigenvalue weighted by Crippen LogP contribution is -1.98. The molecule has 0 saturated carbocycles. The molecule has 0 radical (unpaired) electrons. The highest BCUT2D eigenvalue weighted by Gasteiger charge is 2.16. The Morgan fingerprint density at radius 2 is 2.00 bits per heavy atom. The van der Waals surface area contributed by atoms with Crippen molar-refractivity contribution < 1.29 is 5.11 Å². The minimum Gasteiger partial charge on any atom is -0.508 e. The molecule has 3 aromatic heterocycles. The van der Waals surface area contributed by atoms with Gasteiger partial charge < -0.3 is 5.11 Å². The number of phenols is 1. The van der Waals surface area contributed by atoms with Crippen molar-refractivity contribution in [2.75, 3.05) is 0 Å². The highest BCUT2D eigenvalue weighted by Crippen LogP contribution is 2.32. The van der Waals surface area contributed by atoms with Crippen LogP contribution in [0.25, 0.3) is 28.3 Å². The van der Waals surface area contributed by atoms with Crippen LogP contribution in [0.2, 0.25) is 0 Å². The first-order valence-electron chi connectivity index (χ1n) is 8.17. The second-order valence-electron chi connectivity index (χ2n) is 6.00. The molecule has 4 aromatic rings. The molecule has 7 nitrogen and oxygen atoms in total. The molecule has 4 rings (SSSR count). The van der Waals surface area contributed by atoms with E-state index < -0.39 is 0 Å². The number of nitrogens with zero attached hydrogens (tertiary/aromatic N) is 6. The quantitative estimate of drug-likeness (QED) is 0.606. The first-order chi connectivity index (χ1) is 13.1. The predicted molar refractivity (Wildman–Crippen MR) is 98.9 cm³/mol. The molecule has 0 unspecified atom stereocenters. The van der Waals surface area contributed by atoms with E-state index in [1.807, 2.05) is 25.3 Å². The lowest BCUT2D eigenvalue weighted by molar-refractivity contribution is 0.475. The zero-order chi connectivity index (χ0) is 18.8. The number of aryl methyl sites for hydroxylation is 1. The van der Waals surface area contributed by atoms with Crippen LogP contribution in [0.5, 0.6) is 5.75 Å². The second-order valence-corrected chi connectivity index (χ2v) is 6.00. The van der Waals surface area contributed by atoms with Crippen molar-refractivity contribution >= 4 is 0 Å². The van der Waals surface area contributed by atoms with Gasteiger partial charge in [-0.25, -0.2) is 19.6 Å². The summed E-state index contributed by atoms with van der Waals surface area (Å²) in [5, 5.41) is 23.6. The molecule has 0 aliphatic rings. The van der Waals surface area contributed by atoms with Gasteiger partial charge in [0.1, 0.15) is 23.8 Å². The van der Waals surface area contributed by atoms with Crippen LogP contribution in [-0.2, 0) is 0 Å². The number of rotatable bonds is 3. The molecule has 0 aliphatic heterocycles. The normalized spacial score (nSPS) is 10.5. The molecule has 0 atom stereocenters. The van der Waals surface area contributed by atoms with Crippen LogP contribution in [0, 0.1) is 18.3 Å². The summed E-state index contributed by atoms with van der Waals surface area (Å²) >= 11 is 0. The molecule has 1 aromatic carbocycles. The van der Waals surface area contributed by atoms with E-state index in [4.69, 9.17) is 5.26 Å². The topological polar surface area (TPSA) is 101 Å². The van der Waals surface area contributed by atoms with Gasteiger partial charge in [-0.05, 0) is 48.9 Å². The monoisotopic (exact) mass is 354 g/mol. The summed E-state index contributed by atoms with van der Waals surface area (Å²) in [5.41, 5.74) is 4.33. The van der Waals surface area contributed by atoms with Gasteiger partial charge in [-0.2, -0.15) is 10.4 Å². The predicted octanol–water partition coefficient (Wildman–Crippen LogP) is 3.28. The molecular formula is C20H14N6O. The zero-order valence-electron chi connectivity index (χ0n) is 14.4. The smallest absolute Gasteiger partial charge is 0.153 e. The summed E-state index contributed by atoms with van der Waals surface area (Å²) in [5.74, 6) is 0.747. The molecule has 0 fully saturated rings. The van der Waals surface area contributed by atoms with Crippen LogP contribution in [0.15, 0.2) is 61.3 Å². The Bertz CT molecular complexity index is 1120. The molecule has 0 bridgehead atoms. The minimum absolute atomic E-state index is 0.171. The molecule has 130 valence electrons. The van der Waals surface area contributed by atoms with Crippen molar-refractivity contribution in [3.05, 3.63) is 72.4 Å². The minimum atomic E-state index is 0.171. The van der Waals surface area contributed by atoms with E-state index in [-0.39, 0.29) is 5.75 Å². The van der Waals surface area contributed by atoms with Crippen molar-refractivity contribution in [2.45, 2.75) is 6.92 Å². The summed E-state index contributed by atoms with van der Waals surface area (Å²) in [6.07, 6.45) is 6.46. The lowest BCUT2D eigenvalue weighted by Gasteiger charge is -2.04. The first-order valence-corrected chi connectivity index (χ1v) is 8.17. The van der Waals surface area contributed by atoms with Gasteiger partial charge in [0.15, 0.2) is 5.82 Å². The van der Waals surface area contributed by atoms with Crippen molar-refractivity contribution in [1.29, 1.82) is 5.26 Å². The Morgan fingerprint density at radius 1 is 1.11 bits per heavy atom. The fraction of sp³-hybridized carbons (Fsp3) is 0.0500. The third-order valence-electron chi connectivity index (χ3n) is 4.02. The molecular weight excluding hydrogens is 340 g/mol. The number of pyridine rings is 1. The number of nitriles is 1. The summed E-state index contributed by atoms with van der Waals surface area (Å²) in [7, 11) is 0. The number of phenolic OH excluding ortho intramolecular Hbond substituents is 1. The largest absolute Gasteiger partial charge is 0.508 e. The average molecular weight is 354 g/mol. The van der Waals surface area contributed by atoms with E-state index in [1.165, 1.54) is 12.5 Å². The van der Waals surface area contributed by atoms with Crippen LogP contribution in [-0.4, -0.2) is 29.8 Å². The van der Waals surface area contributed by atoms with Gasteiger partial charge in [-0.1, -0.05) is 0 Å². The molecule has 0 spiro atoms. The molecule has 0 amide bonds. The van der Waals surface area contributed by atoms with E-state index >= 15 is 0 Å². The lowest BCUT2D eigenvalue weighted by atomic mass is 10.0. The van der Waals surface area contributed by atoms with Crippen molar-refractivity contribution in [3.63, 3.8) is 0 Å². The van der Waals surface area contributed by atoms with Crippen LogP contribution in [0.4, 0.5) is 0 Å². The van der Waals surface area contributed by atoms with Gasteiger partial charge >= 0.3 is 0 Å². The van der Waals surface area contributed by atoms with Gasteiger partial charge in [0.2, 0.25) is 0 Å². The van der Waals surface area contributed by atoms with E-state index in [1.54, 1.807) is 41.2 Å². The number of aromatic nitrogens is 5. The highest BCUT2D eigenvalue weighted by molar-refractivity contribution is 5.79. The first kappa shape index (κ1) is 16.4. The molecule has 27 heavy (non-hydrogen) atoms. The third kappa shape index (κ3) is 3.24. The van der Waals surface area contributed by atoms with Crippen LogP contribution >= 0.6 is 0 Å². The molecule has 0 saturated heterocycles. The maximum atomic E-state index is 10.00. The maximum absolute atomic E-state index is 10.00. The molecule has 3 heterocycles. The summed E-state index contributed by atoms with van der Waals surface area (Å²) in [4.78, 5) is 12.6. The Morgan fingerprint density at radius 3 is 2.67 bits per heavy atom. The summed E-state index contributed by atoms with van der Waals surface area (Å²) < 4.78 is 1.63. The number of hydrogen-bond acceptors (Lipinski definition) is 6. The van der Waals surface area contributed by atoms with Gasteiger partial charge in [-0.3, -0.25) is 0 Å². The Balaban J connectivity index is 1.90. The van der Waals surface area contributed by atoms with Crippen molar-refractivity contribution in [3.8, 4) is 40.2 Å². The maximum Gasteiger partial charge on any atom is 0.153 e.